The highest BCUT2D eigenvalue weighted by Crippen LogP contribution is 2.41. The number of nitrogens with zero attached hydrogens (tertiary/aromatic N) is 4. The van der Waals surface area contributed by atoms with E-state index >= 15 is 0 Å². The Morgan fingerprint density at radius 1 is 0.500 bits per heavy atom. The predicted molar refractivity (Wildman–Crippen MR) is 178 cm³/mol. The fourth-order valence-corrected chi connectivity index (χ4v) is 6.09. The minimum Gasteiger partial charge on any atom is -0.456 e. The Bertz CT molecular complexity index is 2710. The molecular weight excluding hydrogens is 540 g/mol. The van der Waals surface area contributed by atoms with Gasteiger partial charge in [-0.1, -0.05) is 121 Å². The van der Waals surface area contributed by atoms with Gasteiger partial charge in [0.25, 0.3) is 0 Å². The lowest BCUT2D eigenvalue weighted by Crippen LogP contribution is -2.06. The molecule has 3 aromatic heterocycles. The monoisotopic (exact) mass is 569 g/mol. The second-order valence-electron chi connectivity index (χ2n) is 10.5. The van der Waals surface area contributed by atoms with Crippen molar-refractivity contribution in [3.05, 3.63) is 145 Å². The highest BCUT2D eigenvalue weighted by atomic mass is 16.3. The fraction of sp³-hybridized carbons (Fsp3) is 0. The molecule has 0 bridgehead atoms. The van der Waals surface area contributed by atoms with Gasteiger partial charge in [0.1, 0.15) is 11.2 Å². The maximum atomic E-state index is 8.75. The zero-order valence-corrected chi connectivity index (χ0v) is 23.2. The minimum absolute atomic E-state index is 0.0979. The van der Waals surface area contributed by atoms with E-state index in [9.17, 15) is 0 Å². The van der Waals surface area contributed by atoms with Crippen LogP contribution in [0.3, 0.4) is 0 Å². The molecule has 5 nitrogen and oxygen atoms in total. The van der Waals surface area contributed by atoms with Gasteiger partial charge in [0, 0.05) is 32.7 Å². The highest BCUT2D eigenvalue weighted by molar-refractivity contribution is 6.17. The Morgan fingerprint density at radius 3 is 1.80 bits per heavy atom. The number of benzene rings is 6. The quantitative estimate of drug-likeness (QED) is 0.212. The molecule has 9 rings (SSSR count). The van der Waals surface area contributed by atoms with Crippen LogP contribution in [0.1, 0.15) is 6.85 Å². The molecule has 0 spiro atoms. The first-order chi connectivity index (χ1) is 23.9. The van der Waals surface area contributed by atoms with Crippen molar-refractivity contribution in [1.29, 1.82) is 0 Å². The zero-order chi connectivity index (χ0) is 33.4. The molecule has 0 fully saturated rings. The Balaban J connectivity index is 1.38. The molecule has 44 heavy (non-hydrogen) atoms. The van der Waals surface area contributed by atoms with Crippen LogP contribution in [-0.4, -0.2) is 19.5 Å². The van der Waals surface area contributed by atoms with Crippen LogP contribution in [0.15, 0.2) is 150 Å². The number of furan rings is 1. The lowest BCUT2D eigenvalue weighted by molar-refractivity contribution is 0.669. The van der Waals surface area contributed by atoms with Crippen LogP contribution < -0.4 is 0 Å². The number of rotatable bonds is 4. The summed E-state index contributed by atoms with van der Waals surface area (Å²) in [7, 11) is 0. The third kappa shape index (κ3) is 3.76. The van der Waals surface area contributed by atoms with E-state index in [1.54, 1.807) is 12.1 Å². The second kappa shape index (κ2) is 9.75. The van der Waals surface area contributed by atoms with Crippen LogP contribution in [0.5, 0.6) is 0 Å². The number of fused-ring (bicyclic) bond motifs is 6. The SMILES string of the molecule is [2H]c1c([2H])c([2H])c(-c2cccc3oc4cccc(-c5nc(-c6ccccc6)nc(-n6c7ccccc7c7ccccc76)n5)c4c23)c([2H])c1[2H]. The van der Waals surface area contributed by atoms with Crippen molar-refractivity contribution in [2.75, 3.05) is 0 Å². The Kier molecular flexibility index (Phi) is 4.42. The largest absolute Gasteiger partial charge is 0.456 e. The maximum Gasteiger partial charge on any atom is 0.238 e. The fourth-order valence-electron chi connectivity index (χ4n) is 6.09. The summed E-state index contributed by atoms with van der Waals surface area (Å²) >= 11 is 0. The van der Waals surface area contributed by atoms with Gasteiger partial charge in [0.15, 0.2) is 11.6 Å². The minimum atomic E-state index is -0.445. The molecule has 0 atom stereocenters. The summed E-state index contributed by atoms with van der Waals surface area (Å²) in [5.74, 6) is 1.32. The van der Waals surface area contributed by atoms with E-state index in [-0.39, 0.29) is 17.6 Å². The average Bonchev–Trinajstić information content (AvgIpc) is 3.70. The molecule has 0 aliphatic carbocycles. The van der Waals surface area contributed by atoms with E-state index in [1.165, 1.54) is 0 Å². The molecule has 0 saturated carbocycles. The maximum absolute atomic E-state index is 8.75. The van der Waals surface area contributed by atoms with Crippen LogP contribution in [0.2, 0.25) is 0 Å². The number of para-hydroxylation sites is 2. The molecule has 0 amide bonds. The zero-order valence-electron chi connectivity index (χ0n) is 28.2. The molecule has 9 aromatic rings. The lowest BCUT2D eigenvalue weighted by Gasteiger charge is -2.11. The number of hydrogen-bond acceptors (Lipinski definition) is 4. The Hall–Kier alpha value is -6.07. The molecule has 206 valence electrons. The van der Waals surface area contributed by atoms with Gasteiger partial charge < -0.3 is 4.42 Å². The molecule has 0 N–H and O–H groups in total. The van der Waals surface area contributed by atoms with Crippen molar-refractivity contribution >= 4 is 43.7 Å². The van der Waals surface area contributed by atoms with Crippen molar-refractivity contribution in [1.82, 2.24) is 19.5 Å². The average molecular weight is 570 g/mol. The van der Waals surface area contributed by atoms with Gasteiger partial charge in [-0.25, -0.2) is 4.98 Å². The second-order valence-corrected chi connectivity index (χ2v) is 10.5. The smallest absolute Gasteiger partial charge is 0.238 e. The molecule has 0 aliphatic heterocycles. The van der Waals surface area contributed by atoms with Gasteiger partial charge in [-0.15, -0.1) is 0 Å². The lowest BCUT2D eigenvalue weighted by atomic mass is 9.97. The summed E-state index contributed by atoms with van der Waals surface area (Å²) in [5.41, 5.74) is 4.99. The summed E-state index contributed by atoms with van der Waals surface area (Å²) in [5, 5.41) is 3.42. The van der Waals surface area contributed by atoms with Crippen molar-refractivity contribution in [3.63, 3.8) is 0 Å². The van der Waals surface area contributed by atoms with Gasteiger partial charge in [0.2, 0.25) is 5.95 Å². The summed E-state index contributed by atoms with van der Waals surface area (Å²) in [6.45, 7) is 0. The molecular formula is C39H24N4O. The van der Waals surface area contributed by atoms with Crippen LogP contribution in [-0.2, 0) is 0 Å². The topological polar surface area (TPSA) is 56.7 Å². The first-order valence-electron chi connectivity index (χ1n) is 16.7. The van der Waals surface area contributed by atoms with Gasteiger partial charge in [-0.05, 0) is 35.4 Å². The highest BCUT2D eigenvalue weighted by Gasteiger charge is 2.21. The molecule has 5 heteroatoms. The Labute approximate surface area is 259 Å². The van der Waals surface area contributed by atoms with E-state index in [2.05, 4.69) is 24.3 Å². The summed E-state index contributed by atoms with van der Waals surface area (Å²) in [6.07, 6.45) is 0. The predicted octanol–water partition coefficient (Wildman–Crippen LogP) is 9.87. The van der Waals surface area contributed by atoms with Gasteiger partial charge in [-0.2, -0.15) is 9.97 Å². The van der Waals surface area contributed by atoms with Crippen LogP contribution >= 0.6 is 0 Å². The summed E-state index contributed by atoms with van der Waals surface area (Å²) in [6, 6.07) is 35.2. The molecule has 0 aliphatic rings. The van der Waals surface area contributed by atoms with E-state index in [1.807, 2.05) is 83.4 Å². The van der Waals surface area contributed by atoms with Crippen molar-refractivity contribution in [3.8, 4) is 39.9 Å². The number of aromatic nitrogens is 4. The standard InChI is InChI=1S/C39H24N4O/c1-3-13-25(14-4-1)27-19-11-23-33-35(27)36-30(20-12-24-34(36)44-33)38-40-37(26-15-5-2-6-16-26)41-39(42-38)43-31-21-9-7-17-28(31)29-18-8-10-22-32(29)43/h1-24H/i1D,3D,4D,13D,14D. The van der Waals surface area contributed by atoms with Crippen molar-refractivity contribution in [2.24, 2.45) is 0 Å². The Morgan fingerprint density at radius 2 is 1.09 bits per heavy atom. The van der Waals surface area contributed by atoms with Gasteiger partial charge in [0.05, 0.1) is 17.9 Å². The molecule has 0 radical (unpaired) electrons. The van der Waals surface area contributed by atoms with Crippen LogP contribution in [0.4, 0.5) is 0 Å². The van der Waals surface area contributed by atoms with E-state index in [0.29, 0.717) is 50.7 Å². The first kappa shape index (κ1) is 19.9. The number of hydrogen-bond donors (Lipinski definition) is 0. The summed E-state index contributed by atoms with van der Waals surface area (Å²) in [4.78, 5) is 15.2. The molecule has 6 aromatic carbocycles. The normalized spacial score (nSPS) is 13.2. The van der Waals surface area contributed by atoms with Crippen molar-refractivity contribution < 1.29 is 11.3 Å². The van der Waals surface area contributed by atoms with E-state index < -0.39 is 18.1 Å². The van der Waals surface area contributed by atoms with Gasteiger partial charge >= 0.3 is 0 Å². The van der Waals surface area contributed by atoms with Crippen LogP contribution in [0.25, 0.3) is 83.6 Å². The van der Waals surface area contributed by atoms with Crippen LogP contribution in [0, 0.1) is 0 Å². The third-order valence-corrected chi connectivity index (χ3v) is 7.97. The first-order valence-corrected chi connectivity index (χ1v) is 14.2. The van der Waals surface area contributed by atoms with E-state index in [4.69, 9.17) is 26.2 Å². The summed E-state index contributed by atoms with van der Waals surface area (Å²) < 4.78 is 50.7. The van der Waals surface area contributed by atoms with Gasteiger partial charge in [-0.3, -0.25) is 4.57 Å². The molecule has 0 saturated heterocycles. The third-order valence-electron chi connectivity index (χ3n) is 7.97. The van der Waals surface area contributed by atoms with Crippen molar-refractivity contribution in [2.45, 2.75) is 0 Å². The molecule has 3 heterocycles. The van der Waals surface area contributed by atoms with E-state index in [0.717, 1.165) is 27.4 Å². The molecule has 0 unspecified atom stereocenters.